The number of aliphatic hydroxyl groups is 1. The van der Waals surface area contributed by atoms with Gasteiger partial charge in [-0.15, -0.1) is 0 Å². The second kappa shape index (κ2) is 8.67. The van der Waals surface area contributed by atoms with Gasteiger partial charge in [0.15, 0.2) is 0 Å². The molecule has 21 heavy (non-hydrogen) atoms. The van der Waals surface area contributed by atoms with Crippen LogP contribution in [0, 0.1) is 19.8 Å². The minimum atomic E-state index is -0.219. The van der Waals surface area contributed by atoms with Crippen LogP contribution >= 0.6 is 0 Å². The molecule has 0 saturated carbocycles. The summed E-state index contributed by atoms with van der Waals surface area (Å²) >= 11 is 0. The molecule has 6 nitrogen and oxygen atoms in total. The molecule has 0 aromatic carbocycles. The average Bonchev–Trinajstić information content (AvgIpc) is 2.71. The van der Waals surface area contributed by atoms with Gasteiger partial charge in [0.1, 0.15) is 0 Å². The van der Waals surface area contributed by atoms with Crippen molar-refractivity contribution in [2.45, 2.75) is 53.1 Å². The summed E-state index contributed by atoms with van der Waals surface area (Å²) in [7, 11) is 0. The standard InChI is InChI=1S/C15H28N4O2/c1-11(2)8-14(10-20)17-15(21)16-6-5-7-19-13(4)9-12(3)18-19/h9,11,14,20H,5-8,10H2,1-4H3,(H2,16,17,21). The molecule has 1 heterocycles. The van der Waals surface area contributed by atoms with Crippen LogP contribution in [0.5, 0.6) is 0 Å². The zero-order valence-corrected chi connectivity index (χ0v) is 13.5. The summed E-state index contributed by atoms with van der Waals surface area (Å²) in [6.07, 6.45) is 1.60. The van der Waals surface area contributed by atoms with Crippen molar-refractivity contribution < 1.29 is 9.90 Å². The molecular weight excluding hydrogens is 268 g/mol. The van der Waals surface area contributed by atoms with Gasteiger partial charge in [0.05, 0.1) is 18.3 Å². The number of urea groups is 1. The van der Waals surface area contributed by atoms with E-state index in [2.05, 4.69) is 29.6 Å². The number of carbonyl (C=O) groups is 1. The van der Waals surface area contributed by atoms with E-state index in [-0.39, 0.29) is 18.7 Å². The minimum absolute atomic E-state index is 0.0304. The van der Waals surface area contributed by atoms with Gasteiger partial charge in [-0.05, 0) is 38.7 Å². The third kappa shape index (κ3) is 6.62. The number of aliphatic hydroxyl groups excluding tert-OH is 1. The summed E-state index contributed by atoms with van der Waals surface area (Å²) in [6, 6.07) is 1.64. The van der Waals surface area contributed by atoms with Gasteiger partial charge >= 0.3 is 6.03 Å². The average molecular weight is 296 g/mol. The quantitative estimate of drug-likeness (QED) is 0.637. The van der Waals surface area contributed by atoms with Crippen molar-refractivity contribution in [1.29, 1.82) is 0 Å². The third-order valence-corrected chi connectivity index (χ3v) is 3.25. The van der Waals surface area contributed by atoms with Crippen molar-refractivity contribution in [2.75, 3.05) is 13.2 Å². The Kier molecular flexibility index (Phi) is 7.22. The van der Waals surface area contributed by atoms with Crippen LogP contribution in [0.2, 0.25) is 0 Å². The fourth-order valence-corrected chi connectivity index (χ4v) is 2.32. The zero-order chi connectivity index (χ0) is 15.8. The molecule has 1 rings (SSSR count). The predicted molar refractivity (Wildman–Crippen MR) is 83.2 cm³/mol. The van der Waals surface area contributed by atoms with Crippen LogP contribution in [-0.2, 0) is 6.54 Å². The number of carbonyl (C=O) groups excluding carboxylic acids is 1. The van der Waals surface area contributed by atoms with E-state index in [9.17, 15) is 9.90 Å². The normalized spacial score (nSPS) is 12.5. The summed E-state index contributed by atoms with van der Waals surface area (Å²) in [4.78, 5) is 11.7. The van der Waals surface area contributed by atoms with Crippen LogP contribution in [0.25, 0.3) is 0 Å². The van der Waals surface area contributed by atoms with Gasteiger partial charge in [-0.25, -0.2) is 4.79 Å². The molecule has 0 bridgehead atoms. The first-order valence-corrected chi connectivity index (χ1v) is 7.58. The highest BCUT2D eigenvalue weighted by atomic mass is 16.3. The predicted octanol–water partition coefficient (Wildman–Crippen LogP) is 1.60. The first-order chi connectivity index (χ1) is 9.92. The molecule has 0 radical (unpaired) electrons. The third-order valence-electron chi connectivity index (χ3n) is 3.25. The molecular formula is C15H28N4O2. The Hall–Kier alpha value is -1.56. The molecule has 0 aliphatic carbocycles. The van der Waals surface area contributed by atoms with E-state index in [0.717, 1.165) is 30.8 Å². The lowest BCUT2D eigenvalue weighted by Gasteiger charge is -2.18. The smallest absolute Gasteiger partial charge is 0.315 e. The van der Waals surface area contributed by atoms with E-state index in [1.165, 1.54) is 0 Å². The molecule has 3 N–H and O–H groups in total. The maximum Gasteiger partial charge on any atom is 0.315 e. The molecule has 0 saturated heterocycles. The fourth-order valence-electron chi connectivity index (χ4n) is 2.32. The minimum Gasteiger partial charge on any atom is -0.394 e. The summed E-state index contributed by atoms with van der Waals surface area (Å²) in [5.41, 5.74) is 2.15. The number of rotatable bonds is 8. The summed E-state index contributed by atoms with van der Waals surface area (Å²) < 4.78 is 1.95. The Labute approximate surface area is 126 Å². The Morgan fingerprint density at radius 1 is 1.43 bits per heavy atom. The molecule has 1 atom stereocenters. The van der Waals surface area contributed by atoms with E-state index < -0.39 is 0 Å². The molecule has 0 aliphatic heterocycles. The van der Waals surface area contributed by atoms with Crippen molar-refractivity contribution in [3.05, 3.63) is 17.5 Å². The van der Waals surface area contributed by atoms with Crippen molar-refractivity contribution in [3.8, 4) is 0 Å². The summed E-state index contributed by atoms with van der Waals surface area (Å²) in [5.74, 6) is 0.438. The molecule has 1 aromatic heterocycles. The fraction of sp³-hybridized carbons (Fsp3) is 0.733. The number of hydrogen-bond donors (Lipinski definition) is 3. The van der Waals surface area contributed by atoms with Crippen LogP contribution in [0.4, 0.5) is 4.79 Å². The molecule has 0 fully saturated rings. The van der Waals surface area contributed by atoms with Crippen molar-refractivity contribution in [3.63, 3.8) is 0 Å². The molecule has 1 unspecified atom stereocenters. The number of amides is 2. The monoisotopic (exact) mass is 296 g/mol. The highest BCUT2D eigenvalue weighted by Gasteiger charge is 2.12. The van der Waals surface area contributed by atoms with Gasteiger partial charge < -0.3 is 15.7 Å². The number of nitrogens with zero attached hydrogens (tertiary/aromatic N) is 2. The second-order valence-electron chi connectivity index (χ2n) is 5.91. The van der Waals surface area contributed by atoms with Crippen LogP contribution in [0.3, 0.4) is 0 Å². The summed E-state index contributed by atoms with van der Waals surface area (Å²) in [5, 5.41) is 19.2. The van der Waals surface area contributed by atoms with Crippen molar-refractivity contribution >= 4 is 6.03 Å². The number of aryl methyl sites for hydroxylation is 3. The largest absolute Gasteiger partial charge is 0.394 e. The number of aromatic nitrogens is 2. The molecule has 2 amide bonds. The van der Waals surface area contributed by atoms with Gasteiger partial charge in [-0.3, -0.25) is 4.68 Å². The Morgan fingerprint density at radius 3 is 2.67 bits per heavy atom. The van der Waals surface area contributed by atoms with Gasteiger partial charge in [0, 0.05) is 18.8 Å². The highest BCUT2D eigenvalue weighted by molar-refractivity contribution is 5.74. The van der Waals surface area contributed by atoms with E-state index >= 15 is 0 Å². The Bertz CT molecular complexity index is 443. The highest BCUT2D eigenvalue weighted by Crippen LogP contribution is 2.04. The Morgan fingerprint density at radius 2 is 2.14 bits per heavy atom. The van der Waals surface area contributed by atoms with Gasteiger partial charge in [-0.2, -0.15) is 5.10 Å². The van der Waals surface area contributed by atoms with Crippen LogP contribution in [0.15, 0.2) is 6.07 Å². The van der Waals surface area contributed by atoms with Gasteiger partial charge in [0.2, 0.25) is 0 Å². The van der Waals surface area contributed by atoms with Crippen LogP contribution < -0.4 is 10.6 Å². The van der Waals surface area contributed by atoms with Crippen molar-refractivity contribution in [2.24, 2.45) is 5.92 Å². The lowest BCUT2D eigenvalue weighted by molar-refractivity contribution is 0.207. The van der Waals surface area contributed by atoms with Gasteiger partial charge in [-0.1, -0.05) is 13.8 Å². The molecule has 0 aliphatic rings. The summed E-state index contributed by atoms with van der Waals surface area (Å²) in [6.45, 7) is 9.47. The maximum atomic E-state index is 11.7. The van der Waals surface area contributed by atoms with E-state index in [1.807, 2.05) is 24.6 Å². The topological polar surface area (TPSA) is 79.2 Å². The van der Waals surface area contributed by atoms with E-state index in [4.69, 9.17) is 0 Å². The van der Waals surface area contributed by atoms with Crippen molar-refractivity contribution in [1.82, 2.24) is 20.4 Å². The van der Waals surface area contributed by atoms with Crippen LogP contribution in [-0.4, -0.2) is 40.1 Å². The van der Waals surface area contributed by atoms with Gasteiger partial charge in [0.25, 0.3) is 0 Å². The lowest BCUT2D eigenvalue weighted by atomic mass is 10.0. The van der Waals surface area contributed by atoms with Crippen LogP contribution in [0.1, 0.15) is 38.1 Å². The first kappa shape index (κ1) is 17.5. The maximum absolute atomic E-state index is 11.7. The van der Waals surface area contributed by atoms with E-state index in [0.29, 0.717) is 12.5 Å². The zero-order valence-electron chi connectivity index (χ0n) is 13.5. The Balaban J connectivity index is 2.22. The molecule has 0 spiro atoms. The lowest BCUT2D eigenvalue weighted by Crippen LogP contribution is -2.44. The first-order valence-electron chi connectivity index (χ1n) is 7.58. The number of hydrogen-bond acceptors (Lipinski definition) is 3. The molecule has 6 heteroatoms. The molecule has 1 aromatic rings. The van der Waals surface area contributed by atoms with E-state index in [1.54, 1.807) is 0 Å². The SMILES string of the molecule is Cc1cc(C)n(CCCNC(=O)NC(CO)CC(C)C)n1. The second-order valence-corrected chi connectivity index (χ2v) is 5.91. The molecule has 120 valence electrons. The number of nitrogens with one attached hydrogen (secondary N) is 2.